The molecule has 0 spiro atoms. The third kappa shape index (κ3) is 4.99. The summed E-state index contributed by atoms with van der Waals surface area (Å²) in [5.74, 6) is -6.04. The Hall–Kier alpha value is -3.99. The average molecular weight is 516 g/mol. The second-order valence-electron chi connectivity index (χ2n) is 9.05. The molecule has 2 heterocycles. The number of H-pyrrole nitrogens is 1. The lowest BCUT2D eigenvalue weighted by atomic mass is 9.97. The molecule has 0 saturated heterocycles. The van der Waals surface area contributed by atoms with Gasteiger partial charge in [-0.2, -0.15) is 0 Å². The van der Waals surface area contributed by atoms with E-state index in [1.165, 1.54) is 28.9 Å². The number of benzene rings is 2. The monoisotopic (exact) mass is 516 g/mol. The highest BCUT2D eigenvalue weighted by Gasteiger charge is 2.41. The van der Waals surface area contributed by atoms with Crippen molar-refractivity contribution in [3.63, 3.8) is 0 Å². The van der Waals surface area contributed by atoms with Crippen LogP contribution >= 0.6 is 0 Å². The number of aryl methyl sites for hydroxylation is 1. The van der Waals surface area contributed by atoms with Crippen LogP contribution in [-0.2, 0) is 0 Å². The van der Waals surface area contributed by atoms with E-state index in [1.54, 1.807) is 20.8 Å². The summed E-state index contributed by atoms with van der Waals surface area (Å²) in [5.41, 5.74) is 0.337. The number of carbonyl (C=O) groups excluding carboxylic acids is 1. The normalized spacial score (nSPS) is 12.8. The van der Waals surface area contributed by atoms with Crippen LogP contribution in [0.3, 0.4) is 0 Å². The topological polar surface area (TPSA) is 99.5 Å². The van der Waals surface area contributed by atoms with Crippen LogP contribution in [-0.4, -0.2) is 38.1 Å². The van der Waals surface area contributed by atoms with Gasteiger partial charge in [0.1, 0.15) is 29.8 Å². The molecule has 1 amide bonds. The highest BCUT2D eigenvalue weighted by molar-refractivity contribution is 5.98. The first-order valence-electron chi connectivity index (χ1n) is 11.4. The minimum absolute atomic E-state index is 0.0509. The number of nitrogens with one attached hydrogen (secondary N) is 2. The predicted molar refractivity (Wildman–Crippen MR) is 129 cm³/mol. The molecule has 4 rings (SSSR count). The standard InChI is InChI=1S/C26H24F4N4O3/c1-13(2)20-18(24(36)31-22(26(29,30)12-35)15-4-7-17(27)8-5-15)11-34-21(20)25(37)32-23(33-34)16-6-9-19(28)14(3)10-16/h4-11,13,22,35H,12H2,1-3H3,(H,31,36)(H,32,33,37)/t22-/m0/s1. The van der Waals surface area contributed by atoms with Crippen LogP contribution in [0.25, 0.3) is 16.9 Å². The van der Waals surface area contributed by atoms with E-state index in [4.69, 9.17) is 0 Å². The molecule has 1 atom stereocenters. The van der Waals surface area contributed by atoms with E-state index in [-0.39, 0.29) is 33.9 Å². The molecule has 7 nitrogen and oxygen atoms in total. The number of rotatable bonds is 7. The van der Waals surface area contributed by atoms with E-state index < -0.39 is 41.7 Å². The molecule has 3 N–H and O–H groups in total. The molecule has 4 aromatic rings. The third-order valence-corrected chi connectivity index (χ3v) is 6.05. The van der Waals surface area contributed by atoms with Gasteiger partial charge in [0.15, 0.2) is 5.82 Å². The summed E-state index contributed by atoms with van der Waals surface area (Å²) < 4.78 is 57.6. The van der Waals surface area contributed by atoms with Gasteiger partial charge in [-0.15, -0.1) is 5.10 Å². The molecule has 0 radical (unpaired) electrons. The Bertz CT molecular complexity index is 1530. The van der Waals surface area contributed by atoms with Gasteiger partial charge >= 0.3 is 0 Å². The molecule has 0 fully saturated rings. The molecule has 0 unspecified atom stereocenters. The molecule has 0 aliphatic rings. The number of fused-ring (bicyclic) bond motifs is 1. The molecular formula is C26H24F4N4O3. The fourth-order valence-electron chi connectivity index (χ4n) is 4.19. The van der Waals surface area contributed by atoms with E-state index in [9.17, 15) is 32.3 Å². The van der Waals surface area contributed by atoms with Crippen LogP contribution in [0, 0.1) is 18.6 Å². The number of aromatic nitrogens is 3. The zero-order valence-corrected chi connectivity index (χ0v) is 20.2. The average Bonchev–Trinajstić information content (AvgIpc) is 3.25. The number of hydrogen-bond acceptors (Lipinski definition) is 4. The van der Waals surface area contributed by atoms with Crippen molar-refractivity contribution in [1.29, 1.82) is 0 Å². The van der Waals surface area contributed by atoms with Crippen molar-refractivity contribution in [1.82, 2.24) is 19.9 Å². The summed E-state index contributed by atoms with van der Waals surface area (Å²) in [6, 6.07) is 6.32. The van der Waals surface area contributed by atoms with Gasteiger partial charge in [0.05, 0.1) is 5.56 Å². The fourth-order valence-corrected chi connectivity index (χ4v) is 4.19. The summed E-state index contributed by atoms with van der Waals surface area (Å²) in [6.07, 6.45) is 1.26. The zero-order chi connectivity index (χ0) is 27.1. The Morgan fingerprint density at radius 2 is 1.84 bits per heavy atom. The van der Waals surface area contributed by atoms with Gasteiger partial charge in [0.25, 0.3) is 17.4 Å². The number of hydrogen-bond donors (Lipinski definition) is 3. The maximum Gasteiger partial charge on any atom is 0.294 e. The Labute approximate surface area is 208 Å². The quantitative estimate of drug-likeness (QED) is 0.315. The van der Waals surface area contributed by atoms with Gasteiger partial charge in [-0.05, 0) is 54.3 Å². The smallest absolute Gasteiger partial charge is 0.294 e. The molecular weight excluding hydrogens is 492 g/mol. The van der Waals surface area contributed by atoms with Gasteiger partial charge in [0.2, 0.25) is 0 Å². The molecule has 0 bridgehead atoms. The first kappa shape index (κ1) is 26.1. The fraction of sp³-hybridized carbons (Fsp3) is 0.269. The van der Waals surface area contributed by atoms with Gasteiger partial charge < -0.3 is 15.4 Å². The molecule has 2 aromatic carbocycles. The second-order valence-corrected chi connectivity index (χ2v) is 9.05. The number of amides is 1. The second kappa shape index (κ2) is 9.81. The number of aromatic amines is 1. The van der Waals surface area contributed by atoms with Crippen molar-refractivity contribution in [3.05, 3.63) is 92.9 Å². The number of carbonyl (C=O) groups is 1. The summed E-state index contributed by atoms with van der Waals surface area (Å²) in [5, 5.41) is 15.9. The number of halogens is 4. The van der Waals surface area contributed by atoms with E-state index in [2.05, 4.69) is 15.4 Å². The van der Waals surface area contributed by atoms with Gasteiger partial charge in [-0.25, -0.2) is 22.1 Å². The van der Waals surface area contributed by atoms with Crippen LogP contribution in [0.2, 0.25) is 0 Å². The zero-order valence-electron chi connectivity index (χ0n) is 20.2. The highest BCUT2D eigenvalue weighted by Crippen LogP contribution is 2.33. The van der Waals surface area contributed by atoms with Crippen LogP contribution in [0.4, 0.5) is 17.6 Å². The maximum absolute atomic E-state index is 14.7. The van der Waals surface area contributed by atoms with E-state index in [0.29, 0.717) is 11.1 Å². The Morgan fingerprint density at radius 1 is 1.16 bits per heavy atom. The third-order valence-electron chi connectivity index (χ3n) is 6.05. The van der Waals surface area contributed by atoms with Crippen molar-refractivity contribution in [2.45, 2.75) is 38.7 Å². The number of alkyl halides is 2. The van der Waals surface area contributed by atoms with Crippen molar-refractivity contribution in [2.24, 2.45) is 0 Å². The Balaban J connectivity index is 1.81. The van der Waals surface area contributed by atoms with E-state index in [0.717, 1.165) is 24.3 Å². The number of aliphatic hydroxyl groups excluding tert-OH is 1. The van der Waals surface area contributed by atoms with Crippen molar-refractivity contribution in [2.75, 3.05) is 6.61 Å². The predicted octanol–water partition coefficient (Wildman–Crippen LogP) is 4.50. The summed E-state index contributed by atoms with van der Waals surface area (Å²) >= 11 is 0. The Morgan fingerprint density at radius 3 is 2.43 bits per heavy atom. The van der Waals surface area contributed by atoms with E-state index in [1.807, 2.05) is 0 Å². The largest absolute Gasteiger partial charge is 0.390 e. The van der Waals surface area contributed by atoms with Crippen molar-refractivity contribution in [3.8, 4) is 11.4 Å². The number of nitrogens with zero attached hydrogens (tertiary/aromatic N) is 2. The molecule has 0 aliphatic carbocycles. The van der Waals surface area contributed by atoms with Crippen LogP contribution in [0.1, 0.15) is 52.9 Å². The number of aliphatic hydroxyl groups is 1. The van der Waals surface area contributed by atoms with Crippen molar-refractivity contribution >= 4 is 11.4 Å². The molecule has 2 aromatic heterocycles. The van der Waals surface area contributed by atoms with Crippen LogP contribution < -0.4 is 10.9 Å². The summed E-state index contributed by atoms with van der Waals surface area (Å²) in [6.45, 7) is 3.45. The van der Waals surface area contributed by atoms with Crippen LogP contribution in [0.15, 0.2) is 53.5 Å². The van der Waals surface area contributed by atoms with Gasteiger partial charge in [-0.1, -0.05) is 26.0 Å². The lowest BCUT2D eigenvalue weighted by Gasteiger charge is -2.27. The molecule has 0 aliphatic heterocycles. The summed E-state index contributed by atoms with van der Waals surface area (Å²) in [4.78, 5) is 29.0. The Kier molecular flexibility index (Phi) is 6.92. The molecule has 0 saturated carbocycles. The lowest BCUT2D eigenvalue weighted by molar-refractivity contribution is -0.0785. The SMILES string of the molecule is Cc1cc(-c2nn3cc(C(=O)N[C@@H](c4ccc(F)cc4)C(F)(F)CO)c(C(C)C)c3c(=O)[nH]2)ccc1F. The molecule has 37 heavy (non-hydrogen) atoms. The van der Waals surface area contributed by atoms with Gasteiger partial charge in [0, 0.05) is 17.3 Å². The first-order chi connectivity index (χ1) is 17.4. The van der Waals surface area contributed by atoms with E-state index >= 15 is 0 Å². The maximum atomic E-state index is 14.7. The minimum Gasteiger partial charge on any atom is -0.390 e. The van der Waals surface area contributed by atoms with Gasteiger partial charge in [-0.3, -0.25) is 9.59 Å². The van der Waals surface area contributed by atoms with Crippen molar-refractivity contribution < 1.29 is 27.5 Å². The lowest BCUT2D eigenvalue weighted by Crippen LogP contribution is -2.43. The highest BCUT2D eigenvalue weighted by atomic mass is 19.3. The molecule has 11 heteroatoms. The summed E-state index contributed by atoms with van der Waals surface area (Å²) in [7, 11) is 0. The minimum atomic E-state index is -3.77. The molecule has 194 valence electrons. The van der Waals surface area contributed by atoms with Crippen LogP contribution in [0.5, 0.6) is 0 Å². The first-order valence-corrected chi connectivity index (χ1v) is 11.4.